The summed E-state index contributed by atoms with van der Waals surface area (Å²) in [4.78, 5) is 3.16. The summed E-state index contributed by atoms with van der Waals surface area (Å²) < 4.78 is 38.8. The van der Waals surface area contributed by atoms with E-state index in [4.69, 9.17) is 5.73 Å². The van der Waals surface area contributed by atoms with Gasteiger partial charge in [-0.25, -0.2) is 12.8 Å². The van der Waals surface area contributed by atoms with Gasteiger partial charge in [-0.1, -0.05) is 0 Å². The number of nitrogens with one attached hydrogen (secondary N) is 2. The lowest BCUT2D eigenvalue weighted by Gasteiger charge is -2.05. The van der Waals surface area contributed by atoms with E-state index in [2.05, 4.69) is 19.9 Å². The molecule has 0 amide bonds. The molecule has 0 fully saturated rings. The smallest absolute Gasteiger partial charge is 0.264 e. The fraction of sp³-hybridized carbons (Fsp3) is 0.111. The van der Waals surface area contributed by atoms with Gasteiger partial charge >= 0.3 is 0 Å². The highest BCUT2D eigenvalue weighted by atomic mass is 32.2. The molecule has 0 unspecified atom stereocenters. The van der Waals surface area contributed by atoms with Crippen molar-refractivity contribution in [1.29, 1.82) is 0 Å². The molecule has 18 heavy (non-hydrogen) atoms. The van der Waals surface area contributed by atoms with E-state index in [1.54, 1.807) is 6.92 Å². The summed E-state index contributed by atoms with van der Waals surface area (Å²) in [5, 5.41) is 6.22. The van der Waals surface area contributed by atoms with Crippen LogP contribution in [0, 0.1) is 12.7 Å². The molecule has 0 aromatic carbocycles. The average Bonchev–Trinajstić information content (AvgIpc) is 2.61. The third-order valence-corrected chi connectivity index (χ3v) is 3.52. The lowest BCUT2D eigenvalue weighted by Crippen LogP contribution is -2.14. The minimum atomic E-state index is -3.96. The third-order valence-electron chi connectivity index (χ3n) is 2.22. The number of H-pyrrole nitrogens is 1. The van der Waals surface area contributed by atoms with E-state index in [-0.39, 0.29) is 16.4 Å². The van der Waals surface area contributed by atoms with Gasteiger partial charge in [0.1, 0.15) is 10.7 Å². The van der Waals surface area contributed by atoms with Crippen molar-refractivity contribution in [3.05, 3.63) is 30.0 Å². The number of halogens is 1. The maximum absolute atomic E-state index is 12.9. The summed E-state index contributed by atoms with van der Waals surface area (Å²) in [7, 11) is -3.96. The standard InChI is InChI=1S/C9H10FN5O2S/c1-5-8(11)9(14-13-5)15-18(16,17)7-2-6(10)3-12-4-7/h2-4H,11H2,1H3,(H2,13,14,15). The van der Waals surface area contributed by atoms with Crippen LogP contribution in [0.2, 0.25) is 0 Å². The Balaban J connectivity index is 2.36. The van der Waals surface area contributed by atoms with Gasteiger partial charge in [0.15, 0.2) is 5.82 Å². The number of sulfonamides is 1. The van der Waals surface area contributed by atoms with Crippen LogP contribution in [-0.4, -0.2) is 23.6 Å². The highest BCUT2D eigenvalue weighted by molar-refractivity contribution is 7.92. The van der Waals surface area contributed by atoms with Crippen LogP contribution in [0.15, 0.2) is 23.4 Å². The summed E-state index contributed by atoms with van der Waals surface area (Å²) >= 11 is 0. The zero-order chi connectivity index (χ0) is 13.3. The normalized spacial score (nSPS) is 11.4. The maximum atomic E-state index is 12.9. The number of nitrogens with two attached hydrogens (primary N) is 1. The van der Waals surface area contributed by atoms with E-state index >= 15 is 0 Å². The van der Waals surface area contributed by atoms with Crippen molar-refractivity contribution in [3.8, 4) is 0 Å². The number of anilines is 2. The molecule has 2 aromatic rings. The number of nitrogen functional groups attached to an aromatic ring is 1. The van der Waals surface area contributed by atoms with Gasteiger partial charge in [0.05, 0.1) is 17.6 Å². The molecule has 7 nitrogen and oxygen atoms in total. The van der Waals surface area contributed by atoms with Gasteiger partial charge in [-0.2, -0.15) is 5.10 Å². The predicted molar refractivity (Wildman–Crippen MR) is 62.7 cm³/mol. The fourth-order valence-electron chi connectivity index (χ4n) is 1.24. The van der Waals surface area contributed by atoms with E-state index in [1.165, 1.54) is 0 Å². The molecule has 0 saturated carbocycles. The molecule has 0 saturated heterocycles. The van der Waals surface area contributed by atoms with Crippen LogP contribution in [0.3, 0.4) is 0 Å². The Morgan fingerprint density at radius 2 is 2.17 bits per heavy atom. The summed E-state index contributed by atoms with van der Waals surface area (Å²) in [6.45, 7) is 1.64. The van der Waals surface area contributed by atoms with Gasteiger partial charge in [-0.15, -0.1) is 0 Å². The Kier molecular flexibility index (Phi) is 2.91. The van der Waals surface area contributed by atoms with Crippen molar-refractivity contribution in [2.24, 2.45) is 0 Å². The number of aryl methyl sites for hydroxylation is 1. The van der Waals surface area contributed by atoms with Crippen LogP contribution in [0.4, 0.5) is 15.9 Å². The van der Waals surface area contributed by atoms with Crippen molar-refractivity contribution in [2.75, 3.05) is 10.5 Å². The van der Waals surface area contributed by atoms with Crippen molar-refractivity contribution in [2.45, 2.75) is 11.8 Å². The molecular formula is C9H10FN5O2S. The first-order valence-electron chi connectivity index (χ1n) is 4.84. The van der Waals surface area contributed by atoms with Gasteiger partial charge in [0.25, 0.3) is 10.0 Å². The lowest BCUT2D eigenvalue weighted by atomic mass is 10.4. The highest BCUT2D eigenvalue weighted by Gasteiger charge is 2.19. The second kappa shape index (κ2) is 4.26. The van der Waals surface area contributed by atoms with Crippen LogP contribution in [0.25, 0.3) is 0 Å². The minimum Gasteiger partial charge on any atom is -0.394 e. The molecule has 0 atom stereocenters. The first-order valence-corrected chi connectivity index (χ1v) is 6.32. The average molecular weight is 271 g/mol. The van der Waals surface area contributed by atoms with E-state index in [1.807, 2.05) is 0 Å². The maximum Gasteiger partial charge on any atom is 0.264 e. The molecule has 0 radical (unpaired) electrons. The number of nitrogens with zero attached hydrogens (tertiary/aromatic N) is 2. The van der Waals surface area contributed by atoms with Crippen molar-refractivity contribution < 1.29 is 12.8 Å². The van der Waals surface area contributed by atoms with Gasteiger partial charge < -0.3 is 5.73 Å². The van der Waals surface area contributed by atoms with Gasteiger partial charge in [-0.3, -0.25) is 14.8 Å². The third kappa shape index (κ3) is 2.25. The Morgan fingerprint density at radius 1 is 1.44 bits per heavy atom. The molecule has 2 rings (SSSR count). The Morgan fingerprint density at radius 3 is 2.72 bits per heavy atom. The van der Waals surface area contributed by atoms with Crippen molar-refractivity contribution in [3.63, 3.8) is 0 Å². The molecule has 0 aliphatic carbocycles. The molecule has 9 heteroatoms. The molecule has 0 spiro atoms. The van der Waals surface area contributed by atoms with Crippen LogP contribution in [-0.2, 0) is 10.0 Å². The molecule has 0 bridgehead atoms. The number of pyridine rings is 1. The number of aromatic amines is 1. The quantitative estimate of drug-likeness (QED) is 0.757. The van der Waals surface area contributed by atoms with Crippen LogP contribution < -0.4 is 10.5 Å². The van der Waals surface area contributed by atoms with Crippen LogP contribution in [0.5, 0.6) is 0 Å². The summed E-state index contributed by atoms with van der Waals surface area (Å²) in [6.07, 6.45) is 1.94. The highest BCUT2D eigenvalue weighted by Crippen LogP contribution is 2.21. The van der Waals surface area contributed by atoms with E-state index in [0.717, 1.165) is 18.5 Å². The van der Waals surface area contributed by atoms with E-state index in [9.17, 15) is 12.8 Å². The molecule has 4 N–H and O–H groups in total. The summed E-state index contributed by atoms with van der Waals surface area (Å²) in [6, 6.07) is 0.852. The molecule has 0 aliphatic heterocycles. The zero-order valence-corrected chi connectivity index (χ0v) is 10.1. The van der Waals surface area contributed by atoms with E-state index < -0.39 is 15.8 Å². The summed E-state index contributed by atoms with van der Waals surface area (Å²) in [5.74, 6) is -0.777. The Hall–Kier alpha value is -2.16. The Bertz CT molecular complexity index is 682. The lowest BCUT2D eigenvalue weighted by molar-refractivity contribution is 0.592. The molecular weight excluding hydrogens is 261 g/mol. The number of hydrogen-bond donors (Lipinski definition) is 3. The topological polar surface area (TPSA) is 114 Å². The molecule has 2 aromatic heterocycles. The first kappa shape index (κ1) is 12.3. The molecule has 96 valence electrons. The molecule has 0 aliphatic rings. The van der Waals surface area contributed by atoms with Gasteiger partial charge in [0.2, 0.25) is 0 Å². The Labute approximate surface area is 102 Å². The second-order valence-electron chi connectivity index (χ2n) is 3.56. The van der Waals surface area contributed by atoms with Crippen LogP contribution >= 0.6 is 0 Å². The molecule has 2 heterocycles. The fourth-order valence-corrected chi connectivity index (χ4v) is 2.24. The largest absolute Gasteiger partial charge is 0.394 e. The van der Waals surface area contributed by atoms with Gasteiger partial charge in [-0.05, 0) is 13.0 Å². The SMILES string of the molecule is Cc1[nH]nc(NS(=O)(=O)c2cncc(F)c2)c1N. The zero-order valence-electron chi connectivity index (χ0n) is 9.31. The number of rotatable bonds is 3. The number of hydrogen-bond acceptors (Lipinski definition) is 5. The van der Waals surface area contributed by atoms with Gasteiger partial charge in [0, 0.05) is 6.20 Å². The van der Waals surface area contributed by atoms with Crippen LogP contribution in [0.1, 0.15) is 5.69 Å². The van der Waals surface area contributed by atoms with Crippen molar-refractivity contribution >= 4 is 21.5 Å². The monoisotopic (exact) mass is 271 g/mol. The minimum absolute atomic E-state index is 0.0308. The number of aromatic nitrogens is 3. The second-order valence-corrected chi connectivity index (χ2v) is 5.24. The first-order chi connectivity index (χ1) is 8.40. The summed E-state index contributed by atoms with van der Waals surface area (Å²) in [5.41, 5.74) is 6.32. The van der Waals surface area contributed by atoms with E-state index in [0.29, 0.717) is 5.69 Å². The van der Waals surface area contributed by atoms with Crippen molar-refractivity contribution in [1.82, 2.24) is 15.2 Å². The predicted octanol–water partition coefficient (Wildman–Crippen LogP) is 0.635.